The van der Waals surface area contributed by atoms with E-state index in [9.17, 15) is 9.90 Å². The number of rotatable bonds is 3. The van der Waals surface area contributed by atoms with Crippen molar-refractivity contribution in [3.8, 4) is 5.75 Å². The third kappa shape index (κ3) is 3.26. The molecule has 6 rings (SSSR count). The van der Waals surface area contributed by atoms with Gasteiger partial charge in [-0.05, 0) is 104 Å². The molecule has 0 bridgehead atoms. The molecule has 1 aliphatic heterocycles. The predicted molar refractivity (Wildman–Crippen MR) is 132 cm³/mol. The van der Waals surface area contributed by atoms with Crippen molar-refractivity contribution >= 4 is 11.8 Å². The van der Waals surface area contributed by atoms with Crippen LogP contribution in [0.15, 0.2) is 35.9 Å². The van der Waals surface area contributed by atoms with Crippen LogP contribution in [0.2, 0.25) is 0 Å². The molecule has 1 heterocycles. The second-order valence-corrected chi connectivity index (χ2v) is 12.1. The number of benzene rings is 1. The summed E-state index contributed by atoms with van der Waals surface area (Å²) >= 11 is 0. The second-order valence-electron chi connectivity index (χ2n) is 12.1. The quantitative estimate of drug-likeness (QED) is 0.560. The number of methoxy groups -OCH3 is 1. The Morgan fingerprint density at radius 3 is 2.56 bits per heavy atom. The fourth-order valence-corrected chi connectivity index (χ4v) is 8.96. The van der Waals surface area contributed by atoms with Crippen LogP contribution in [0.1, 0.15) is 65.2 Å². The maximum absolute atomic E-state index is 12.9. The molecule has 5 aliphatic rings. The lowest BCUT2D eigenvalue weighted by Gasteiger charge is -2.58. The maximum atomic E-state index is 12.9. The smallest absolute Gasteiger partial charge is 0.414 e. The van der Waals surface area contributed by atoms with Gasteiger partial charge in [-0.15, -0.1) is 0 Å². The number of carbonyl (C=O) groups is 1. The molecule has 5 heteroatoms. The minimum absolute atomic E-state index is 0.0312. The Kier molecular flexibility index (Phi) is 5.29. The van der Waals surface area contributed by atoms with Crippen molar-refractivity contribution in [2.45, 2.75) is 77.4 Å². The van der Waals surface area contributed by atoms with Crippen LogP contribution in [0, 0.1) is 34.5 Å². The lowest BCUT2D eigenvalue weighted by molar-refractivity contribution is -0.0657. The van der Waals surface area contributed by atoms with Crippen LogP contribution in [0.4, 0.5) is 10.5 Å². The number of allylic oxidation sites excluding steroid dienone is 1. The molecule has 3 saturated carbocycles. The summed E-state index contributed by atoms with van der Waals surface area (Å²) in [5.74, 6) is 3.38. The van der Waals surface area contributed by atoms with Crippen molar-refractivity contribution < 1.29 is 19.4 Å². The Labute approximate surface area is 203 Å². The first-order valence-electron chi connectivity index (χ1n) is 13.3. The summed E-state index contributed by atoms with van der Waals surface area (Å²) in [6.45, 7) is 5.63. The third-order valence-corrected chi connectivity index (χ3v) is 10.8. The number of anilines is 1. The molecule has 1 amide bonds. The van der Waals surface area contributed by atoms with Gasteiger partial charge in [0.05, 0.1) is 19.8 Å². The molecule has 5 nitrogen and oxygen atoms in total. The first kappa shape index (κ1) is 22.5. The van der Waals surface area contributed by atoms with Gasteiger partial charge in [-0.25, -0.2) is 4.79 Å². The van der Waals surface area contributed by atoms with Crippen LogP contribution in [-0.2, 0) is 4.74 Å². The molecule has 0 spiro atoms. The summed E-state index contributed by atoms with van der Waals surface area (Å²) in [5, 5.41) is 10.3. The summed E-state index contributed by atoms with van der Waals surface area (Å²) in [4.78, 5) is 14.7. The van der Waals surface area contributed by atoms with Gasteiger partial charge in [-0.2, -0.15) is 0 Å². The first-order valence-corrected chi connectivity index (χ1v) is 13.3. The Morgan fingerprint density at radius 1 is 1.03 bits per heavy atom. The Bertz CT molecular complexity index is 988. The molecular formula is C29H39NO4. The molecule has 34 heavy (non-hydrogen) atoms. The number of hydrogen-bond acceptors (Lipinski definition) is 4. The highest BCUT2D eigenvalue weighted by atomic mass is 16.6. The minimum Gasteiger partial charge on any atom is -0.497 e. The van der Waals surface area contributed by atoms with E-state index < -0.39 is 0 Å². The van der Waals surface area contributed by atoms with Gasteiger partial charge in [0, 0.05) is 11.6 Å². The highest BCUT2D eigenvalue weighted by Crippen LogP contribution is 2.67. The van der Waals surface area contributed by atoms with Gasteiger partial charge in [0.2, 0.25) is 0 Å². The van der Waals surface area contributed by atoms with Gasteiger partial charge >= 0.3 is 6.09 Å². The first-order chi connectivity index (χ1) is 16.3. The summed E-state index contributed by atoms with van der Waals surface area (Å²) < 4.78 is 11.3. The largest absolute Gasteiger partial charge is 0.497 e. The molecular weight excluding hydrogens is 426 g/mol. The van der Waals surface area contributed by atoms with E-state index in [1.54, 1.807) is 12.0 Å². The highest BCUT2D eigenvalue weighted by molar-refractivity contribution is 5.89. The zero-order valence-corrected chi connectivity index (χ0v) is 20.8. The number of carbonyl (C=O) groups excluding carboxylic acids is 1. The highest BCUT2D eigenvalue weighted by Gasteiger charge is 2.61. The number of hydrogen-bond donors (Lipinski definition) is 1. The third-order valence-electron chi connectivity index (χ3n) is 10.8. The number of nitrogens with zero attached hydrogens (tertiary/aromatic N) is 1. The minimum atomic E-state index is -0.214. The van der Waals surface area contributed by atoms with E-state index in [2.05, 4.69) is 19.9 Å². The van der Waals surface area contributed by atoms with Gasteiger partial charge in [0.15, 0.2) is 0 Å². The van der Waals surface area contributed by atoms with E-state index in [1.165, 1.54) is 24.8 Å². The van der Waals surface area contributed by atoms with Crippen molar-refractivity contribution in [3.05, 3.63) is 35.9 Å². The monoisotopic (exact) mass is 465 g/mol. The molecule has 4 aliphatic carbocycles. The fourth-order valence-electron chi connectivity index (χ4n) is 8.96. The number of amides is 1. The Morgan fingerprint density at radius 2 is 1.79 bits per heavy atom. The molecule has 1 N–H and O–H groups in total. The van der Waals surface area contributed by atoms with Crippen molar-refractivity contribution in [3.63, 3.8) is 0 Å². The van der Waals surface area contributed by atoms with Crippen LogP contribution >= 0.6 is 0 Å². The molecule has 0 aromatic heterocycles. The average molecular weight is 466 g/mol. The van der Waals surface area contributed by atoms with E-state index in [0.29, 0.717) is 18.4 Å². The van der Waals surface area contributed by atoms with Crippen molar-refractivity contribution in [2.24, 2.45) is 34.5 Å². The zero-order chi connectivity index (χ0) is 23.7. The van der Waals surface area contributed by atoms with E-state index in [4.69, 9.17) is 9.47 Å². The fraction of sp³-hybridized carbons (Fsp3) is 0.690. The number of cyclic esters (lactones) is 1. The van der Waals surface area contributed by atoms with Crippen LogP contribution in [0.5, 0.6) is 5.75 Å². The van der Waals surface area contributed by atoms with Crippen molar-refractivity contribution in [1.82, 2.24) is 0 Å². The summed E-state index contributed by atoms with van der Waals surface area (Å²) in [5.41, 5.74) is 2.92. The van der Waals surface area contributed by atoms with Crippen LogP contribution < -0.4 is 9.64 Å². The molecule has 0 radical (unpaired) electrons. The van der Waals surface area contributed by atoms with E-state index in [-0.39, 0.29) is 29.1 Å². The number of fused-ring (bicyclic) bond motifs is 5. The van der Waals surface area contributed by atoms with Gasteiger partial charge < -0.3 is 14.6 Å². The lowest BCUT2D eigenvalue weighted by atomic mass is 9.47. The number of ether oxygens (including phenoxy) is 2. The molecule has 4 fully saturated rings. The normalized spacial score (nSPS) is 43.5. The molecule has 0 unspecified atom stereocenters. The van der Waals surface area contributed by atoms with E-state index in [0.717, 1.165) is 55.4 Å². The van der Waals surface area contributed by atoms with Gasteiger partial charge in [-0.1, -0.05) is 25.5 Å². The van der Waals surface area contributed by atoms with Gasteiger partial charge in [0.25, 0.3) is 0 Å². The van der Waals surface area contributed by atoms with Crippen molar-refractivity contribution in [2.75, 3.05) is 18.6 Å². The topological polar surface area (TPSA) is 59.0 Å². The summed E-state index contributed by atoms with van der Waals surface area (Å²) in [7, 11) is 1.65. The zero-order valence-electron chi connectivity index (χ0n) is 20.8. The van der Waals surface area contributed by atoms with Crippen molar-refractivity contribution in [1.29, 1.82) is 0 Å². The van der Waals surface area contributed by atoms with E-state index in [1.807, 2.05) is 24.3 Å². The van der Waals surface area contributed by atoms with Gasteiger partial charge in [0.1, 0.15) is 11.9 Å². The second kappa shape index (κ2) is 8.01. The molecule has 1 aromatic carbocycles. The standard InChI is InChI=1S/C29H39NO4/c1-28-14-12-20(31)16-18(28)4-9-22-23-10-11-25(29(23,2)15-13-24(22)28)26-17-30(27(32)34-26)19-5-7-21(33-3)8-6-19/h4-8,20,22-26,31H,9-17H2,1-3H3/t20-,22-,23-,24-,25+,26+,28-,29-/m0/s1. The van der Waals surface area contributed by atoms with Crippen LogP contribution in [0.25, 0.3) is 0 Å². The SMILES string of the molecule is COc1ccc(N2C[C@H]([C@H]3CC[C@H]4[C@@H]5CC=C6C[C@@H](O)CC[C@]6(C)[C@H]5CC[C@]34C)OC2=O)cc1. The lowest BCUT2D eigenvalue weighted by Crippen LogP contribution is -2.51. The molecule has 1 saturated heterocycles. The number of aliphatic hydroxyl groups excluding tert-OH is 1. The summed E-state index contributed by atoms with van der Waals surface area (Å²) in [6, 6.07) is 7.70. The van der Waals surface area contributed by atoms with E-state index >= 15 is 0 Å². The van der Waals surface area contributed by atoms with Crippen LogP contribution in [0.3, 0.4) is 0 Å². The molecule has 8 atom stereocenters. The molecule has 184 valence electrons. The summed E-state index contributed by atoms with van der Waals surface area (Å²) in [6.07, 6.45) is 11.1. The van der Waals surface area contributed by atoms with Gasteiger partial charge in [-0.3, -0.25) is 4.90 Å². The number of aliphatic hydroxyl groups is 1. The predicted octanol–water partition coefficient (Wildman–Crippen LogP) is 5.96. The Balaban J connectivity index is 1.21. The maximum Gasteiger partial charge on any atom is 0.414 e. The Hall–Kier alpha value is -2.01. The molecule has 1 aromatic rings. The van der Waals surface area contributed by atoms with Crippen LogP contribution in [-0.4, -0.2) is 37.1 Å². The average Bonchev–Trinajstić information content (AvgIpc) is 3.39.